The number of nitro groups is 1. The lowest BCUT2D eigenvalue weighted by atomic mass is 10.1. The van der Waals surface area contributed by atoms with Crippen LogP contribution >= 0.6 is 35.0 Å². The molecule has 0 heterocycles. The molecule has 0 aliphatic carbocycles. The molecule has 0 saturated carbocycles. The summed E-state index contributed by atoms with van der Waals surface area (Å²) in [6, 6.07) is 10.6. The zero-order valence-electron chi connectivity index (χ0n) is 17.1. The van der Waals surface area contributed by atoms with E-state index in [1.54, 1.807) is 30.3 Å². The van der Waals surface area contributed by atoms with Gasteiger partial charge in [0.2, 0.25) is 11.8 Å². The number of hydrogen-bond acceptors (Lipinski definition) is 5. The van der Waals surface area contributed by atoms with Gasteiger partial charge in [-0.1, -0.05) is 48.3 Å². The van der Waals surface area contributed by atoms with Crippen LogP contribution in [0.25, 0.3) is 0 Å². The predicted molar refractivity (Wildman–Crippen MR) is 124 cm³/mol. The number of likely N-dealkylation sites (N-methyl/N-ethyl adjacent to an activating group) is 1. The number of carbonyl (C=O) groups excluding carboxylic acids is 2. The average molecular weight is 484 g/mol. The molecule has 0 spiro atoms. The standard InChI is InChI=1S/C21H23Cl2N3O4S/c1-3-19(21(28)24-2)25(11-16-17(22)5-4-6-18(16)23)20(27)13-31-12-14-7-9-15(10-8-14)26(29)30/h4-10,19H,3,11-13H2,1-2H3,(H,24,28)/t19-/m1/s1. The number of amides is 2. The van der Waals surface area contributed by atoms with Crippen molar-refractivity contribution in [2.45, 2.75) is 31.7 Å². The summed E-state index contributed by atoms with van der Waals surface area (Å²) < 4.78 is 0. The molecule has 0 aliphatic heterocycles. The van der Waals surface area contributed by atoms with Crippen molar-refractivity contribution in [3.8, 4) is 0 Å². The highest BCUT2D eigenvalue weighted by Gasteiger charge is 2.29. The topological polar surface area (TPSA) is 92.6 Å². The van der Waals surface area contributed by atoms with Gasteiger partial charge in [0.15, 0.2) is 0 Å². The number of thioether (sulfide) groups is 1. The summed E-state index contributed by atoms with van der Waals surface area (Å²) in [6.07, 6.45) is 0.431. The lowest BCUT2D eigenvalue weighted by Gasteiger charge is -2.30. The van der Waals surface area contributed by atoms with Gasteiger partial charge in [0, 0.05) is 47.1 Å². The number of non-ortho nitro benzene ring substituents is 1. The Labute approximate surface area is 195 Å². The first-order valence-electron chi connectivity index (χ1n) is 9.53. The van der Waals surface area contributed by atoms with Crippen LogP contribution in [0.2, 0.25) is 10.0 Å². The average Bonchev–Trinajstić information content (AvgIpc) is 2.75. The fraction of sp³-hybridized carbons (Fsp3) is 0.333. The third-order valence-corrected chi connectivity index (χ3v) is 6.36. The van der Waals surface area contributed by atoms with Gasteiger partial charge >= 0.3 is 0 Å². The number of hydrogen-bond donors (Lipinski definition) is 1. The Bertz CT molecular complexity index is 920. The first-order valence-corrected chi connectivity index (χ1v) is 11.4. The molecule has 7 nitrogen and oxygen atoms in total. The van der Waals surface area contributed by atoms with Gasteiger partial charge < -0.3 is 10.2 Å². The van der Waals surface area contributed by atoms with Crippen LogP contribution in [0.4, 0.5) is 5.69 Å². The van der Waals surface area contributed by atoms with Crippen LogP contribution in [0.3, 0.4) is 0 Å². The highest BCUT2D eigenvalue weighted by Crippen LogP contribution is 2.27. The van der Waals surface area contributed by atoms with Gasteiger partial charge in [-0.05, 0) is 24.1 Å². The zero-order chi connectivity index (χ0) is 23.0. The molecular weight excluding hydrogens is 461 g/mol. The van der Waals surface area contributed by atoms with Crippen molar-refractivity contribution in [1.29, 1.82) is 0 Å². The smallest absolute Gasteiger partial charge is 0.269 e. The molecule has 0 radical (unpaired) electrons. The molecule has 31 heavy (non-hydrogen) atoms. The second kappa shape index (κ2) is 11.9. The van der Waals surface area contributed by atoms with Crippen molar-refractivity contribution in [3.05, 3.63) is 73.8 Å². The summed E-state index contributed by atoms with van der Waals surface area (Å²) in [7, 11) is 1.53. The molecule has 0 bridgehead atoms. The second-order valence-corrected chi connectivity index (χ2v) is 8.48. The fourth-order valence-electron chi connectivity index (χ4n) is 2.99. The second-order valence-electron chi connectivity index (χ2n) is 6.68. The van der Waals surface area contributed by atoms with Crippen molar-refractivity contribution in [1.82, 2.24) is 10.2 Å². The molecule has 0 saturated heterocycles. The normalized spacial score (nSPS) is 11.6. The number of benzene rings is 2. The van der Waals surface area contributed by atoms with E-state index in [4.69, 9.17) is 23.2 Å². The molecule has 2 aromatic rings. The fourth-order valence-corrected chi connectivity index (χ4v) is 4.38. The third kappa shape index (κ3) is 6.85. The van der Waals surface area contributed by atoms with E-state index in [2.05, 4.69) is 5.32 Å². The molecule has 2 rings (SSSR count). The Kier molecular flexibility index (Phi) is 9.61. The van der Waals surface area contributed by atoms with Crippen LogP contribution in [0, 0.1) is 10.1 Å². The maximum Gasteiger partial charge on any atom is 0.269 e. The number of carbonyl (C=O) groups is 2. The van der Waals surface area contributed by atoms with Crippen LogP contribution in [0.5, 0.6) is 0 Å². The minimum absolute atomic E-state index is 0.0176. The van der Waals surface area contributed by atoms with Gasteiger partial charge in [-0.3, -0.25) is 19.7 Å². The number of nitrogens with one attached hydrogen (secondary N) is 1. The van der Waals surface area contributed by atoms with Crippen LogP contribution in [0.15, 0.2) is 42.5 Å². The number of nitrogens with zero attached hydrogens (tertiary/aromatic N) is 2. The maximum absolute atomic E-state index is 13.1. The monoisotopic (exact) mass is 483 g/mol. The molecule has 0 aromatic heterocycles. The highest BCUT2D eigenvalue weighted by molar-refractivity contribution is 7.99. The number of nitro benzene ring substituents is 1. The van der Waals surface area contributed by atoms with Gasteiger partial charge in [0.25, 0.3) is 5.69 Å². The Hall–Kier alpha value is -2.29. The van der Waals surface area contributed by atoms with Gasteiger partial charge in [0.1, 0.15) is 6.04 Å². The van der Waals surface area contributed by atoms with E-state index >= 15 is 0 Å². The molecule has 0 unspecified atom stereocenters. The number of halogens is 2. The summed E-state index contributed by atoms with van der Waals surface area (Å²) in [5.74, 6) is 0.144. The van der Waals surface area contributed by atoms with E-state index in [0.29, 0.717) is 27.8 Å². The molecule has 1 N–H and O–H groups in total. The molecule has 1 atom stereocenters. The van der Waals surface area contributed by atoms with E-state index in [0.717, 1.165) is 5.56 Å². The Balaban J connectivity index is 2.13. The minimum Gasteiger partial charge on any atom is -0.357 e. The summed E-state index contributed by atoms with van der Waals surface area (Å²) >= 11 is 13.9. The van der Waals surface area contributed by atoms with Crippen molar-refractivity contribution in [2.75, 3.05) is 12.8 Å². The van der Waals surface area contributed by atoms with Gasteiger partial charge in [0.05, 0.1) is 10.7 Å². The Morgan fingerprint density at radius 2 is 1.77 bits per heavy atom. The Morgan fingerprint density at radius 3 is 2.29 bits per heavy atom. The molecule has 166 valence electrons. The van der Waals surface area contributed by atoms with Crippen molar-refractivity contribution < 1.29 is 14.5 Å². The molecule has 0 fully saturated rings. The summed E-state index contributed by atoms with van der Waals surface area (Å²) in [4.78, 5) is 37.3. The largest absolute Gasteiger partial charge is 0.357 e. The van der Waals surface area contributed by atoms with E-state index in [-0.39, 0.29) is 29.8 Å². The van der Waals surface area contributed by atoms with Crippen LogP contribution < -0.4 is 5.32 Å². The van der Waals surface area contributed by atoms with Gasteiger partial charge in [-0.2, -0.15) is 0 Å². The van der Waals surface area contributed by atoms with Crippen LogP contribution in [0.1, 0.15) is 24.5 Å². The van der Waals surface area contributed by atoms with Crippen molar-refractivity contribution in [3.63, 3.8) is 0 Å². The molecule has 2 aromatic carbocycles. The maximum atomic E-state index is 13.1. The summed E-state index contributed by atoms with van der Waals surface area (Å²) in [5, 5.41) is 14.2. The zero-order valence-corrected chi connectivity index (χ0v) is 19.5. The first kappa shape index (κ1) is 25.0. The van der Waals surface area contributed by atoms with E-state index < -0.39 is 11.0 Å². The molecular formula is C21H23Cl2N3O4S. The van der Waals surface area contributed by atoms with Crippen molar-refractivity contribution in [2.24, 2.45) is 0 Å². The first-order chi connectivity index (χ1) is 14.8. The van der Waals surface area contributed by atoms with E-state index in [1.807, 2.05) is 6.92 Å². The SMILES string of the molecule is CC[C@H](C(=O)NC)N(Cc1c(Cl)cccc1Cl)C(=O)CSCc1ccc([N+](=O)[O-])cc1. The lowest BCUT2D eigenvalue weighted by molar-refractivity contribution is -0.384. The molecule has 0 aliphatic rings. The minimum atomic E-state index is -0.662. The predicted octanol–water partition coefficient (Wildman–Crippen LogP) is 4.69. The summed E-state index contributed by atoms with van der Waals surface area (Å²) in [6.45, 7) is 1.94. The van der Waals surface area contributed by atoms with Crippen LogP contribution in [-0.2, 0) is 21.9 Å². The van der Waals surface area contributed by atoms with E-state index in [1.165, 1.54) is 35.8 Å². The summed E-state index contributed by atoms with van der Waals surface area (Å²) in [5.41, 5.74) is 1.47. The van der Waals surface area contributed by atoms with Gasteiger partial charge in [-0.15, -0.1) is 11.8 Å². The van der Waals surface area contributed by atoms with Crippen LogP contribution in [-0.4, -0.2) is 40.5 Å². The number of rotatable bonds is 10. The Morgan fingerprint density at radius 1 is 1.16 bits per heavy atom. The highest BCUT2D eigenvalue weighted by atomic mass is 35.5. The quantitative estimate of drug-likeness (QED) is 0.390. The van der Waals surface area contributed by atoms with Crippen molar-refractivity contribution >= 4 is 52.5 Å². The third-order valence-electron chi connectivity index (χ3n) is 4.66. The van der Waals surface area contributed by atoms with Gasteiger partial charge in [-0.25, -0.2) is 0 Å². The lowest BCUT2D eigenvalue weighted by Crippen LogP contribution is -2.48. The molecule has 2 amide bonds. The van der Waals surface area contributed by atoms with E-state index in [9.17, 15) is 19.7 Å². The molecule has 10 heteroatoms.